The molecule has 0 radical (unpaired) electrons. The molecule has 1 aliphatic heterocycles. The van der Waals surface area contributed by atoms with Crippen LogP contribution in [0, 0.1) is 11.8 Å². The average Bonchev–Trinajstić information content (AvgIpc) is 3.63. The van der Waals surface area contributed by atoms with Crippen LogP contribution in [0.25, 0.3) is 0 Å². The monoisotopic (exact) mass is 649 g/mol. The van der Waals surface area contributed by atoms with Crippen LogP contribution in [0.3, 0.4) is 0 Å². The molecule has 4 rings (SSSR count). The van der Waals surface area contributed by atoms with E-state index in [4.69, 9.17) is 4.74 Å². The number of sulfonamides is 1. The third-order valence-corrected chi connectivity index (χ3v) is 11.7. The molecule has 0 spiro atoms. The van der Waals surface area contributed by atoms with Gasteiger partial charge in [-0.3, -0.25) is 9.78 Å². The summed E-state index contributed by atoms with van der Waals surface area (Å²) in [6.07, 6.45) is 1.05. The lowest BCUT2D eigenvalue weighted by Crippen LogP contribution is -2.52. The van der Waals surface area contributed by atoms with Gasteiger partial charge in [-0.25, -0.2) is 16.8 Å². The van der Waals surface area contributed by atoms with Crippen molar-refractivity contribution in [3.8, 4) is 5.75 Å². The van der Waals surface area contributed by atoms with Crippen molar-refractivity contribution in [2.45, 2.75) is 56.4 Å². The van der Waals surface area contributed by atoms with Crippen LogP contribution >= 0.6 is 11.3 Å². The van der Waals surface area contributed by atoms with Crippen molar-refractivity contribution < 1.29 is 31.5 Å². The molecule has 1 aliphatic rings. The summed E-state index contributed by atoms with van der Waals surface area (Å²) in [6.45, 7) is 5.71. The Kier molecular flexibility index (Phi) is 11.0. The van der Waals surface area contributed by atoms with Crippen molar-refractivity contribution >= 4 is 37.1 Å². The number of nitrogens with one attached hydrogen (secondary N) is 1. The minimum Gasteiger partial charge on any atom is -0.493 e. The lowest BCUT2D eigenvalue weighted by molar-refractivity contribution is -0.125. The molecule has 0 saturated carbocycles. The molecule has 2 aromatic carbocycles. The Morgan fingerprint density at radius 2 is 1.84 bits per heavy atom. The molecular weight excluding hydrogens is 611 g/mol. The van der Waals surface area contributed by atoms with Crippen molar-refractivity contribution in [3.63, 3.8) is 0 Å². The number of rotatable bonds is 15. The van der Waals surface area contributed by atoms with Crippen LogP contribution in [0.4, 0.5) is 0 Å². The van der Waals surface area contributed by atoms with Crippen LogP contribution in [0.2, 0.25) is 0 Å². The van der Waals surface area contributed by atoms with E-state index in [2.05, 4.69) is 10.3 Å². The molecule has 2 heterocycles. The fraction of sp³-hybridized carbons (Fsp3) is 0.467. The maximum absolute atomic E-state index is 13.8. The SMILES string of the molecule is CC(C)CN(C[C@@H](O)C(Cc1ccccc1)NC(=O)[C@H](C)CS(=O)(=O)Cc1cncs1)S(=O)(=O)c1ccc2c(c1)CCO2. The summed E-state index contributed by atoms with van der Waals surface area (Å²) in [5.41, 5.74) is 3.20. The molecule has 1 unspecified atom stereocenters. The number of thiazole rings is 1. The molecular formula is C30H39N3O7S3. The van der Waals surface area contributed by atoms with Gasteiger partial charge in [0.25, 0.3) is 0 Å². The molecule has 1 aromatic heterocycles. The van der Waals surface area contributed by atoms with E-state index in [1.54, 1.807) is 17.6 Å². The van der Waals surface area contributed by atoms with Crippen LogP contribution in [0.5, 0.6) is 5.75 Å². The van der Waals surface area contributed by atoms with E-state index in [9.17, 15) is 26.7 Å². The van der Waals surface area contributed by atoms with E-state index in [1.807, 2.05) is 44.2 Å². The van der Waals surface area contributed by atoms with E-state index in [1.165, 1.54) is 34.8 Å². The third-order valence-electron chi connectivity index (χ3n) is 7.15. The molecule has 1 amide bonds. The van der Waals surface area contributed by atoms with Crippen molar-refractivity contribution in [1.29, 1.82) is 0 Å². The molecule has 2 N–H and O–H groups in total. The fourth-order valence-electron chi connectivity index (χ4n) is 5.01. The second-order valence-electron chi connectivity index (χ2n) is 11.4. The second-order valence-corrected chi connectivity index (χ2v) is 16.4. The minimum atomic E-state index is -3.99. The Labute approximate surface area is 258 Å². The number of hydrogen-bond acceptors (Lipinski definition) is 9. The number of nitrogens with zero attached hydrogens (tertiary/aromatic N) is 2. The van der Waals surface area contributed by atoms with Gasteiger partial charge in [-0.05, 0) is 41.7 Å². The molecule has 234 valence electrons. The highest BCUT2D eigenvalue weighted by Crippen LogP contribution is 2.29. The van der Waals surface area contributed by atoms with Gasteiger partial charge in [-0.15, -0.1) is 11.3 Å². The van der Waals surface area contributed by atoms with E-state index in [0.29, 0.717) is 23.7 Å². The highest BCUT2D eigenvalue weighted by atomic mass is 32.2. The summed E-state index contributed by atoms with van der Waals surface area (Å²) in [5.74, 6) is -1.38. The first-order valence-electron chi connectivity index (χ1n) is 14.2. The topological polar surface area (TPSA) is 143 Å². The smallest absolute Gasteiger partial charge is 0.243 e. The van der Waals surface area contributed by atoms with Crippen molar-refractivity contribution in [1.82, 2.24) is 14.6 Å². The standard InChI is InChI=1S/C30H39N3O7S3/c1-21(2)16-33(43(38,39)26-9-10-29-24(14-26)11-12-40-29)17-28(34)27(13-23-7-5-4-6-8-23)32-30(35)22(3)18-42(36,37)19-25-15-31-20-41-25/h4-10,14-15,20-22,27-28,34H,11-13,16-19H2,1-3H3,(H,32,35)/t22-,27?,28-/m1/s1. The number of fused-ring (bicyclic) bond motifs is 1. The van der Waals surface area contributed by atoms with Gasteiger partial charge in [-0.1, -0.05) is 51.1 Å². The summed E-state index contributed by atoms with van der Waals surface area (Å²) in [5, 5.41) is 14.3. The number of aromatic nitrogens is 1. The van der Waals surface area contributed by atoms with E-state index >= 15 is 0 Å². The number of carbonyl (C=O) groups is 1. The number of carbonyl (C=O) groups excluding carboxylic acids is 1. The maximum Gasteiger partial charge on any atom is 0.243 e. The van der Waals surface area contributed by atoms with Crippen LogP contribution in [0.1, 0.15) is 36.8 Å². The molecule has 13 heteroatoms. The molecule has 0 aliphatic carbocycles. The van der Waals surface area contributed by atoms with Crippen LogP contribution in [0.15, 0.2) is 65.1 Å². The molecule has 3 aromatic rings. The summed E-state index contributed by atoms with van der Waals surface area (Å²) in [6, 6.07) is 13.1. The lowest BCUT2D eigenvalue weighted by atomic mass is 10.00. The molecule has 0 bridgehead atoms. The zero-order chi connectivity index (χ0) is 31.2. The fourth-order valence-corrected chi connectivity index (χ4v) is 9.41. The van der Waals surface area contributed by atoms with Crippen LogP contribution < -0.4 is 10.1 Å². The lowest BCUT2D eigenvalue weighted by Gasteiger charge is -2.31. The molecule has 43 heavy (non-hydrogen) atoms. The Bertz CT molecular complexity index is 1580. The number of sulfone groups is 1. The predicted octanol–water partition coefficient (Wildman–Crippen LogP) is 3.06. The first kappa shape index (κ1) is 33.1. The largest absolute Gasteiger partial charge is 0.493 e. The number of aliphatic hydroxyl groups is 1. The zero-order valence-electron chi connectivity index (χ0n) is 24.5. The van der Waals surface area contributed by atoms with Crippen molar-refractivity contribution in [2.24, 2.45) is 11.8 Å². The van der Waals surface area contributed by atoms with Gasteiger partial charge in [0.05, 0.1) is 40.7 Å². The maximum atomic E-state index is 13.8. The number of hydrogen-bond donors (Lipinski definition) is 2. The van der Waals surface area contributed by atoms with Gasteiger partial charge >= 0.3 is 0 Å². The molecule has 3 atom stereocenters. The Hall–Kier alpha value is -2.84. The highest BCUT2D eigenvalue weighted by Gasteiger charge is 2.33. The Balaban J connectivity index is 1.53. The molecule has 0 fully saturated rings. The first-order chi connectivity index (χ1) is 20.3. The van der Waals surface area contributed by atoms with Crippen LogP contribution in [-0.4, -0.2) is 74.7 Å². The first-order valence-corrected chi connectivity index (χ1v) is 18.3. The highest BCUT2D eigenvalue weighted by molar-refractivity contribution is 7.90. The quantitative estimate of drug-likeness (QED) is 0.256. The van der Waals surface area contributed by atoms with E-state index in [0.717, 1.165) is 11.1 Å². The van der Waals surface area contributed by atoms with E-state index < -0.39 is 43.8 Å². The minimum absolute atomic E-state index is 0.0364. The Morgan fingerprint density at radius 1 is 1.09 bits per heavy atom. The van der Waals surface area contributed by atoms with Gasteiger partial charge in [-0.2, -0.15) is 4.31 Å². The van der Waals surface area contributed by atoms with Gasteiger partial charge < -0.3 is 15.2 Å². The van der Waals surface area contributed by atoms with Gasteiger partial charge in [0.15, 0.2) is 9.84 Å². The second kappa shape index (κ2) is 14.3. The van der Waals surface area contributed by atoms with Gasteiger partial charge in [0.2, 0.25) is 15.9 Å². The number of benzene rings is 2. The van der Waals surface area contributed by atoms with Gasteiger partial charge in [0, 0.05) is 36.5 Å². The van der Waals surface area contributed by atoms with E-state index in [-0.39, 0.29) is 41.8 Å². The van der Waals surface area contributed by atoms with Gasteiger partial charge in [0.1, 0.15) is 5.75 Å². The number of ether oxygens (including phenoxy) is 1. The normalized spacial score (nSPS) is 15.6. The Morgan fingerprint density at radius 3 is 2.51 bits per heavy atom. The number of aliphatic hydroxyl groups excluding tert-OH is 1. The van der Waals surface area contributed by atoms with Crippen molar-refractivity contribution in [2.75, 3.05) is 25.4 Å². The summed E-state index contributed by atoms with van der Waals surface area (Å²) >= 11 is 1.23. The average molecular weight is 650 g/mol. The molecule has 0 saturated heterocycles. The third kappa shape index (κ3) is 9.08. The number of amides is 1. The predicted molar refractivity (Wildman–Crippen MR) is 166 cm³/mol. The van der Waals surface area contributed by atoms with Crippen LogP contribution in [-0.2, 0) is 43.2 Å². The van der Waals surface area contributed by atoms with Crippen molar-refractivity contribution in [3.05, 3.63) is 76.2 Å². The molecule has 10 nitrogen and oxygen atoms in total. The summed E-state index contributed by atoms with van der Waals surface area (Å²) in [7, 11) is -7.59. The summed E-state index contributed by atoms with van der Waals surface area (Å²) < 4.78 is 59.9. The summed E-state index contributed by atoms with van der Waals surface area (Å²) in [4.78, 5) is 17.9. The zero-order valence-corrected chi connectivity index (χ0v) is 27.0.